The largest absolute Gasteiger partial charge is 0.492 e. The zero-order valence-electron chi connectivity index (χ0n) is 43.5. The van der Waals surface area contributed by atoms with E-state index in [1.807, 2.05) is 27.7 Å². The van der Waals surface area contributed by atoms with Crippen LogP contribution in [0, 0.1) is 20.8 Å². The zero-order valence-corrected chi connectivity index (χ0v) is 43.5. The monoisotopic (exact) mass is 1090 g/mol. The Morgan fingerprint density at radius 1 is 0.487 bits per heavy atom. The first kappa shape index (κ1) is 59.1. The van der Waals surface area contributed by atoms with Gasteiger partial charge in [-0.3, -0.25) is 24.4 Å². The predicted molar refractivity (Wildman–Crippen MR) is 271 cm³/mol. The van der Waals surface area contributed by atoms with Gasteiger partial charge in [0.1, 0.15) is 22.8 Å². The van der Waals surface area contributed by atoms with E-state index in [4.69, 9.17) is 14.0 Å². The Morgan fingerprint density at radius 3 is 1.31 bits per heavy atom. The summed E-state index contributed by atoms with van der Waals surface area (Å²) in [5, 5.41) is 30.0. The number of benzene rings is 3. The van der Waals surface area contributed by atoms with E-state index in [0.717, 1.165) is 35.0 Å². The van der Waals surface area contributed by atoms with Crippen LogP contribution in [0.3, 0.4) is 0 Å². The Kier molecular flexibility index (Phi) is 16.4. The summed E-state index contributed by atoms with van der Waals surface area (Å²) in [7, 11) is -3.31. The van der Waals surface area contributed by atoms with Crippen LogP contribution in [0.1, 0.15) is 140 Å². The van der Waals surface area contributed by atoms with Crippen molar-refractivity contribution in [3.63, 3.8) is 0 Å². The number of rotatable bonds is 9. The topological polar surface area (TPSA) is 178 Å². The summed E-state index contributed by atoms with van der Waals surface area (Å²) >= 11 is 0. The van der Waals surface area contributed by atoms with E-state index >= 15 is 0 Å². The van der Waals surface area contributed by atoms with Crippen LogP contribution in [-0.2, 0) is 68.6 Å². The van der Waals surface area contributed by atoms with Crippen molar-refractivity contribution in [1.82, 2.24) is 15.0 Å². The van der Waals surface area contributed by atoms with Crippen molar-refractivity contribution in [3.8, 4) is 0 Å². The molecule has 3 aromatic carbocycles. The fraction of sp³-hybridized carbons (Fsp3) is 0.333. The Morgan fingerprint density at radius 2 is 0.897 bits per heavy atom. The average Bonchev–Trinajstić information content (AvgIpc) is 3.90. The van der Waals surface area contributed by atoms with Gasteiger partial charge in [0, 0.05) is 31.7 Å². The van der Waals surface area contributed by atoms with E-state index in [9.17, 15) is 69.0 Å². The minimum Gasteiger partial charge on any atom is -0.423 e. The quantitative estimate of drug-likeness (QED) is 0.0717. The number of hydrogen-bond acceptors (Lipinski definition) is 12. The number of pyridine rings is 3. The van der Waals surface area contributed by atoms with Gasteiger partial charge in [-0.15, -0.1) is 0 Å². The van der Waals surface area contributed by atoms with Crippen LogP contribution in [0.4, 0.5) is 39.5 Å². The Bertz CT molecular complexity index is 3190. The zero-order chi connectivity index (χ0) is 57.8. The number of halogens is 9. The minimum absolute atomic E-state index is 0.0333. The molecule has 408 valence electrons. The fourth-order valence-electron chi connectivity index (χ4n) is 9.42. The van der Waals surface area contributed by atoms with Crippen molar-refractivity contribution in [3.05, 3.63) is 175 Å². The first-order valence-corrected chi connectivity index (χ1v) is 24.2. The van der Waals surface area contributed by atoms with Gasteiger partial charge in [0.2, 0.25) is 0 Å². The number of nitrogens with zero attached hydrogens (tertiary/aromatic N) is 3. The molecule has 6 heterocycles. The molecule has 78 heavy (non-hydrogen) atoms. The standard InChI is InChI=1S/3C18H17BF3NO3/c1-10-4-7-14(23-16(10)18(20,21)22)15(24)9-11-5-6-12-13(8-11)19(25)26-17(12,2)3;1-10-9-23-15(8-13(10)18(20,21)22)16(24)7-11-4-5-12-14(6-11)19(25)26-17(12,2)3;1-10-6-13(18(20,21)22)16(23-9-10)15(24)8-11-4-5-12-14(7-11)19(25)26-17(12,2)3/h4-8,25H,9H2,1-3H3;4-6,8-9,25H,7H2,1-3H3;4-7,9,25H,8H2,1-3H3. The number of carbonyl (C=O) groups is 3. The number of alkyl halides is 9. The lowest BCUT2D eigenvalue weighted by molar-refractivity contribution is -0.142. The highest BCUT2D eigenvalue weighted by Crippen LogP contribution is 2.36. The summed E-state index contributed by atoms with van der Waals surface area (Å²) in [5.74, 6) is -1.78. The lowest BCUT2D eigenvalue weighted by atomic mass is 9.77. The highest BCUT2D eigenvalue weighted by molar-refractivity contribution is 6.62. The average molecular weight is 1090 g/mol. The maximum atomic E-state index is 13.2. The molecule has 0 radical (unpaired) electrons. The molecule has 12 nitrogen and oxygen atoms in total. The van der Waals surface area contributed by atoms with E-state index in [2.05, 4.69) is 15.0 Å². The summed E-state index contributed by atoms with van der Waals surface area (Å²) in [6, 6.07) is 19.4. The van der Waals surface area contributed by atoms with Crippen molar-refractivity contribution in [2.24, 2.45) is 0 Å². The van der Waals surface area contributed by atoms with Crippen LogP contribution in [0.15, 0.2) is 91.3 Å². The molecule has 3 aromatic heterocycles. The molecule has 0 aliphatic carbocycles. The molecule has 0 fully saturated rings. The third-order valence-corrected chi connectivity index (χ3v) is 13.3. The van der Waals surface area contributed by atoms with Gasteiger partial charge in [-0.2, -0.15) is 39.5 Å². The molecule has 0 bridgehead atoms. The molecule has 3 aliphatic rings. The van der Waals surface area contributed by atoms with Crippen LogP contribution in [0.5, 0.6) is 0 Å². The summed E-state index contributed by atoms with van der Waals surface area (Å²) < 4.78 is 134. The maximum Gasteiger partial charge on any atom is 0.492 e. The molecule has 6 aromatic rings. The summed E-state index contributed by atoms with van der Waals surface area (Å²) in [5.41, 5.74) is -0.0122. The summed E-state index contributed by atoms with van der Waals surface area (Å²) in [6.07, 6.45) is -12.0. The molecule has 3 N–H and O–H groups in total. The lowest BCUT2D eigenvalue weighted by Crippen LogP contribution is -2.29. The van der Waals surface area contributed by atoms with Crippen LogP contribution in [-0.4, -0.2) is 68.7 Å². The van der Waals surface area contributed by atoms with Crippen molar-refractivity contribution in [2.45, 2.75) is 117 Å². The molecule has 24 heteroatoms. The van der Waals surface area contributed by atoms with Crippen LogP contribution < -0.4 is 16.4 Å². The second kappa shape index (κ2) is 21.6. The second-order valence-corrected chi connectivity index (χ2v) is 20.7. The van der Waals surface area contributed by atoms with Crippen LogP contribution >= 0.6 is 0 Å². The van der Waals surface area contributed by atoms with Gasteiger partial charge in [0.25, 0.3) is 0 Å². The minimum atomic E-state index is -4.66. The van der Waals surface area contributed by atoms with Crippen molar-refractivity contribution < 1.29 is 82.9 Å². The molecular weight excluding hydrogens is 1040 g/mol. The number of Topliss-reactive ketones (excluding diaryl/α,β-unsaturated/α-hetero) is 3. The van der Waals surface area contributed by atoms with E-state index < -0.39 is 96.6 Å². The third-order valence-electron chi connectivity index (χ3n) is 13.3. The van der Waals surface area contributed by atoms with Crippen molar-refractivity contribution in [1.29, 1.82) is 0 Å². The number of hydrogen-bond donors (Lipinski definition) is 3. The first-order chi connectivity index (χ1) is 36.0. The molecule has 3 aliphatic heterocycles. The Labute approximate surface area is 443 Å². The number of ketones is 3. The van der Waals surface area contributed by atoms with Crippen molar-refractivity contribution >= 4 is 55.1 Å². The molecule has 0 amide bonds. The predicted octanol–water partition coefficient (Wildman–Crippen LogP) is 8.36. The molecule has 0 unspecified atom stereocenters. The van der Waals surface area contributed by atoms with Crippen molar-refractivity contribution in [2.75, 3.05) is 0 Å². The highest BCUT2D eigenvalue weighted by atomic mass is 19.4. The SMILES string of the molecule is Cc1ccc(C(=O)Cc2ccc3c(c2)B(O)OC3(C)C)nc1C(F)(F)F.Cc1cnc(C(=O)Cc2ccc3c(c2)B(O)OC3(C)C)c(C(F)(F)F)c1.Cc1cnc(C(=O)Cc2ccc3c(c2)B(O)OC3(C)C)cc1C(F)(F)F. The van der Waals surface area contributed by atoms with Gasteiger partial charge in [-0.25, -0.2) is 4.98 Å². The van der Waals surface area contributed by atoms with Crippen LogP contribution in [0.25, 0.3) is 0 Å². The highest BCUT2D eigenvalue weighted by Gasteiger charge is 2.44. The lowest BCUT2D eigenvalue weighted by Gasteiger charge is -2.19. The van der Waals surface area contributed by atoms with Crippen LogP contribution in [0.2, 0.25) is 0 Å². The van der Waals surface area contributed by atoms with E-state index in [1.165, 1.54) is 39.1 Å². The fourth-order valence-corrected chi connectivity index (χ4v) is 9.42. The molecule has 0 atom stereocenters. The van der Waals surface area contributed by atoms with Gasteiger partial charge in [-0.1, -0.05) is 60.7 Å². The second-order valence-electron chi connectivity index (χ2n) is 20.7. The molecular formula is C54H51B3F9N3O9. The first-order valence-electron chi connectivity index (χ1n) is 24.2. The normalized spacial score (nSPS) is 15.9. The third kappa shape index (κ3) is 13.0. The van der Waals surface area contributed by atoms with Gasteiger partial charge in [-0.05, 0) is 147 Å². The number of fused-ring (bicyclic) bond motifs is 3. The maximum absolute atomic E-state index is 13.2. The molecule has 0 saturated heterocycles. The van der Waals surface area contributed by atoms with E-state index in [-0.39, 0.29) is 41.8 Å². The Hall–Kier alpha value is -6.56. The van der Waals surface area contributed by atoms with Gasteiger partial charge < -0.3 is 29.0 Å². The molecule has 0 spiro atoms. The Balaban J connectivity index is 0.000000170. The number of carbonyl (C=O) groups excluding carboxylic acids is 3. The number of aryl methyl sites for hydroxylation is 3. The number of aromatic nitrogens is 3. The van der Waals surface area contributed by atoms with Gasteiger partial charge in [0.15, 0.2) is 17.3 Å². The smallest absolute Gasteiger partial charge is 0.423 e. The van der Waals surface area contributed by atoms with E-state index in [1.54, 1.807) is 68.4 Å². The molecule has 0 saturated carbocycles. The van der Waals surface area contributed by atoms with Gasteiger partial charge >= 0.3 is 39.9 Å². The summed E-state index contributed by atoms with van der Waals surface area (Å²) in [4.78, 5) is 48.3. The summed E-state index contributed by atoms with van der Waals surface area (Å²) in [6.45, 7) is 15.0. The van der Waals surface area contributed by atoms with E-state index in [0.29, 0.717) is 38.6 Å². The van der Waals surface area contributed by atoms with Gasteiger partial charge in [0.05, 0.1) is 27.9 Å². The molecule has 9 rings (SSSR count).